The van der Waals surface area contributed by atoms with Crippen molar-refractivity contribution < 1.29 is 4.39 Å². The molecule has 0 atom stereocenters. The molecule has 4 nitrogen and oxygen atoms in total. The van der Waals surface area contributed by atoms with Gasteiger partial charge >= 0.3 is 0 Å². The lowest BCUT2D eigenvalue weighted by Crippen LogP contribution is -2.46. The van der Waals surface area contributed by atoms with Gasteiger partial charge in [0, 0.05) is 43.3 Å². The Morgan fingerprint density at radius 3 is 2.50 bits per heavy atom. The molecule has 1 aromatic carbocycles. The normalized spacial score (nSPS) is 15.3. The van der Waals surface area contributed by atoms with E-state index < -0.39 is 0 Å². The molecule has 2 heterocycles. The third kappa shape index (κ3) is 3.62. The number of anilines is 1. The van der Waals surface area contributed by atoms with Gasteiger partial charge in [0.15, 0.2) is 5.69 Å². The summed E-state index contributed by atoms with van der Waals surface area (Å²) < 4.78 is 13.9. The zero-order chi connectivity index (χ0) is 17.1. The highest BCUT2D eigenvalue weighted by atomic mass is 35.5. The molecule has 24 heavy (non-hydrogen) atoms. The van der Waals surface area contributed by atoms with Gasteiger partial charge in [-0.1, -0.05) is 29.3 Å². The molecule has 1 fully saturated rings. The zero-order valence-corrected chi connectivity index (χ0v) is 14.4. The van der Waals surface area contributed by atoms with Gasteiger partial charge in [-0.2, -0.15) is 5.26 Å². The van der Waals surface area contributed by atoms with Crippen molar-refractivity contribution in [3.8, 4) is 6.07 Å². The largest absolute Gasteiger partial charge is 0.354 e. The van der Waals surface area contributed by atoms with E-state index >= 15 is 0 Å². The van der Waals surface area contributed by atoms with Gasteiger partial charge < -0.3 is 4.90 Å². The van der Waals surface area contributed by atoms with Gasteiger partial charge in [0.05, 0.1) is 5.02 Å². The van der Waals surface area contributed by atoms with E-state index in [9.17, 15) is 4.39 Å². The lowest BCUT2D eigenvalue weighted by Gasteiger charge is -2.35. The van der Waals surface area contributed by atoms with Crippen LogP contribution >= 0.6 is 23.2 Å². The lowest BCUT2D eigenvalue weighted by atomic mass is 10.2. The molecule has 0 N–H and O–H groups in total. The number of hydrogen-bond donors (Lipinski definition) is 0. The van der Waals surface area contributed by atoms with Crippen LogP contribution in [0.3, 0.4) is 0 Å². The fraction of sp³-hybridized carbons (Fsp3) is 0.294. The highest BCUT2D eigenvalue weighted by Gasteiger charge is 2.20. The van der Waals surface area contributed by atoms with Gasteiger partial charge in [-0.05, 0) is 24.3 Å². The van der Waals surface area contributed by atoms with Gasteiger partial charge in [-0.3, -0.25) is 4.90 Å². The zero-order valence-electron chi connectivity index (χ0n) is 12.8. The summed E-state index contributed by atoms with van der Waals surface area (Å²) in [5.41, 5.74) is 0.763. The molecule has 0 bridgehead atoms. The minimum Gasteiger partial charge on any atom is -0.354 e. The van der Waals surface area contributed by atoms with Crippen LogP contribution in [0, 0.1) is 17.1 Å². The van der Waals surface area contributed by atoms with Gasteiger partial charge in [-0.15, -0.1) is 0 Å². The van der Waals surface area contributed by atoms with Crippen molar-refractivity contribution in [2.45, 2.75) is 6.54 Å². The molecule has 1 aliphatic rings. The number of hydrogen-bond acceptors (Lipinski definition) is 4. The Morgan fingerprint density at radius 2 is 1.83 bits per heavy atom. The smallest absolute Gasteiger partial charge is 0.161 e. The summed E-state index contributed by atoms with van der Waals surface area (Å²) in [7, 11) is 0. The van der Waals surface area contributed by atoms with Crippen LogP contribution < -0.4 is 4.90 Å². The lowest BCUT2D eigenvalue weighted by molar-refractivity contribution is 0.246. The molecule has 3 rings (SSSR count). The van der Waals surface area contributed by atoms with Crippen molar-refractivity contribution in [2.24, 2.45) is 0 Å². The van der Waals surface area contributed by atoms with Crippen LogP contribution in [0.1, 0.15) is 11.3 Å². The third-order valence-corrected chi connectivity index (χ3v) is 4.74. The molecule has 2 aromatic rings. The second-order valence-corrected chi connectivity index (χ2v) is 6.39. The number of aromatic nitrogens is 1. The molecule has 0 unspecified atom stereocenters. The molecule has 0 aliphatic carbocycles. The van der Waals surface area contributed by atoms with Crippen molar-refractivity contribution in [3.05, 3.63) is 57.5 Å². The summed E-state index contributed by atoms with van der Waals surface area (Å²) in [5, 5.41) is 9.84. The predicted octanol–water partition coefficient (Wildman–Crippen LogP) is 3.72. The van der Waals surface area contributed by atoms with E-state index in [1.54, 1.807) is 18.2 Å². The number of benzene rings is 1. The van der Waals surface area contributed by atoms with Crippen LogP contribution in [0.5, 0.6) is 0 Å². The standard InChI is InChI=1S/C17H15Cl2FN4/c18-13-2-1-3-15(20)12(13)11-23-6-8-24(9-7-23)17-5-4-14(19)16(10-21)22-17/h1-5H,6-9,11H2. The number of nitrogens with zero attached hydrogens (tertiary/aromatic N) is 4. The van der Waals surface area contributed by atoms with Crippen LogP contribution in [-0.4, -0.2) is 36.1 Å². The fourth-order valence-corrected chi connectivity index (χ4v) is 3.10. The SMILES string of the molecule is N#Cc1nc(N2CCN(Cc3c(F)cccc3Cl)CC2)ccc1Cl. The van der Waals surface area contributed by atoms with E-state index in [0.29, 0.717) is 22.2 Å². The van der Waals surface area contributed by atoms with Crippen LogP contribution in [0.4, 0.5) is 10.2 Å². The molecule has 0 radical (unpaired) electrons. The van der Waals surface area contributed by atoms with Crippen molar-refractivity contribution >= 4 is 29.0 Å². The van der Waals surface area contributed by atoms with Gasteiger partial charge in [0.1, 0.15) is 17.7 Å². The first kappa shape index (κ1) is 17.0. The molecule has 0 spiro atoms. The van der Waals surface area contributed by atoms with Crippen LogP contribution in [0.15, 0.2) is 30.3 Å². The van der Waals surface area contributed by atoms with E-state index in [4.69, 9.17) is 28.5 Å². The summed E-state index contributed by atoms with van der Waals surface area (Å²) in [4.78, 5) is 8.53. The Bertz CT molecular complexity index is 762. The van der Waals surface area contributed by atoms with Crippen molar-refractivity contribution in [1.82, 2.24) is 9.88 Å². The summed E-state index contributed by atoms with van der Waals surface area (Å²) in [6, 6.07) is 10.2. The minimum atomic E-state index is -0.275. The average Bonchev–Trinajstić information content (AvgIpc) is 2.59. The van der Waals surface area contributed by atoms with E-state index in [2.05, 4.69) is 14.8 Å². The number of piperazine rings is 1. The number of rotatable bonds is 3. The van der Waals surface area contributed by atoms with Crippen LogP contribution in [-0.2, 0) is 6.54 Å². The summed E-state index contributed by atoms with van der Waals surface area (Å²) in [6.45, 7) is 3.49. The first-order chi connectivity index (χ1) is 11.6. The number of halogens is 3. The maximum atomic E-state index is 13.9. The molecule has 7 heteroatoms. The number of nitriles is 1. The van der Waals surface area contributed by atoms with Gasteiger partial charge in [0.25, 0.3) is 0 Å². The summed E-state index contributed by atoms with van der Waals surface area (Å²) >= 11 is 12.0. The first-order valence-corrected chi connectivity index (χ1v) is 8.31. The van der Waals surface area contributed by atoms with Crippen molar-refractivity contribution in [1.29, 1.82) is 5.26 Å². The second kappa shape index (κ2) is 7.35. The Kier molecular flexibility index (Phi) is 5.20. The molecule has 1 aromatic heterocycles. The number of pyridine rings is 1. The van der Waals surface area contributed by atoms with E-state index in [0.717, 1.165) is 32.0 Å². The van der Waals surface area contributed by atoms with E-state index in [1.807, 2.05) is 12.1 Å². The molecular weight excluding hydrogens is 350 g/mol. The Morgan fingerprint density at radius 1 is 1.08 bits per heavy atom. The van der Waals surface area contributed by atoms with Crippen molar-refractivity contribution in [2.75, 3.05) is 31.1 Å². The van der Waals surface area contributed by atoms with Gasteiger partial charge in [-0.25, -0.2) is 9.37 Å². The van der Waals surface area contributed by atoms with Crippen molar-refractivity contribution in [3.63, 3.8) is 0 Å². The van der Waals surface area contributed by atoms with E-state index in [-0.39, 0.29) is 11.5 Å². The highest BCUT2D eigenvalue weighted by Crippen LogP contribution is 2.23. The molecular formula is C17H15Cl2FN4. The summed E-state index contributed by atoms with van der Waals surface area (Å²) in [6.07, 6.45) is 0. The molecule has 0 amide bonds. The van der Waals surface area contributed by atoms with E-state index in [1.165, 1.54) is 6.07 Å². The maximum Gasteiger partial charge on any atom is 0.161 e. The summed E-state index contributed by atoms with van der Waals surface area (Å²) in [5.74, 6) is 0.461. The molecule has 1 saturated heterocycles. The third-order valence-electron chi connectivity index (χ3n) is 4.08. The Hall–Kier alpha value is -1.87. The monoisotopic (exact) mass is 364 g/mol. The maximum absolute atomic E-state index is 13.9. The molecule has 0 saturated carbocycles. The predicted molar refractivity (Wildman–Crippen MR) is 92.9 cm³/mol. The quantitative estimate of drug-likeness (QED) is 0.832. The molecule has 1 aliphatic heterocycles. The minimum absolute atomic E-state index is 0.231. The Labute approximate surface area is 150 Å². The molecule has 124 valence electrons. The van der Waals surface area contributed by atoms with Crippen LogP contribution in [0.25, 0.3) is 0 Å². The Balaban J connectivity index is 1.65. The van der Waals surface area contributed by atoms with Gasteiger partial charge in [0.2, 0.25) is 0 Å². The first-order valence-electron chi connectivity index (χ1n) is 7.55. The van der Waals surface area contributed by atoms with Crippen LogP contribution in [0.2, 0.25) is 10.0 Å². The fourth-order valence-electron chi connectivity index (χ4n) is 2.73. The second-order valence-electron chi connectivity index (χ2n) is 5.58. The highest BCUT2D eigenvalue weighted by molar-refractivity contribution is 6.31. The average molecular weight is 365 g/mol. The topological polar surface area (TPSA) is 43.2 Å².